The van der Waals surface area contributed by atoms with E-state index in [2.05, 4.69) is 32.3 Å². The molecule has 2 N–H and O–H groups in total. The fraction of sp³-hybridized carbons (Fsp3) is 0.381. The first kappa shape index (κ1) is 18.4. The third-order valence-corrected chi connectivity index (χ3v) is 4.91. The van der Waals surface area contributed by atoms with E-state index < -0.39 is 0 Å². The van der Waals surface area contributed by atoms with E-state index in [1.54, 1.807) is 6.20 Å². The Morgan fingerprint density at radius 1 is 1.18 bits per heavy atom. The standard InChI is InChI=1S/C21H25N5O2/c27-21(24-14-17-8-5-13-28-17)23-12-10-19-25-18-9-4-11-22-20(18)26(19)15-16-6-2-1-3-7-16/h1-4,6-7,9,11,17H,5,8,10,12-15H2,(H2,23,24,27)/t17-/m0/s1. The number of carbonyl (C=O) groups excluding carboxylic acids is 1. The maximum Gasteiger partial charge on any atom is 0.314 e. The zero-order chi connectivity index (χ0) is 19.2. The summed E-state index contributed by atoms with van der Waals surface area (Å²) in [5, 5.41) is 5.79. The van der Waals surface area contributed by atoms with Crippen molar-refractivity contribution in [3.63, 3.8) is 0 Å². The number of benzene rings is 1. The van der Waals surface area contributed by atoms with Crippen LogP contribution < -0.4 is 10.6 Å². The largest absolute Gasteiger partial charge is 0.376 e. The summed E-state index contributed by atoms with van der Waals surface area (Å²) < 4.78 is 7.64. The van der Waals surface area contributed by atoms with Crippen LogP contribution in [0.5, 0.6) is 0 Å². The summed E-state index contributed by atoms with van der Waals surface area (Å²) >= 11 is 0. The van der Waals surface area contributed by atoms with Crippen LogP contribution in [0.15, 0.2) is 48.7 Å². The van der Waals surface area contributed by atoms with Crippen LogP contribution in [0.25, 0.3) is 11.2 Å². The quantitative estimate of drug-likeness (QED) is 0.661. The van der Waals surface area contributed by atoms with Crippen molar-refractivity contribution in [3.05, 3.63) is 60.0 Å². The average Bonchev–Trinajstić information content (AvgIpc) is 3.36. The summed E-state index contributed by atoms with van der Waals surface area (Å²) in [6, 6.07) is 13.9. The van der Waals surface area contributed by atoms with Gasteiger partial charge in [-0.15, -0.1) is 0 Å². The molecule has 1 aromatic carbocycles. The van der Waals surface area contributed by atoms with Gasteiger partial charge in [-0.05, 0) is 30.5 Å². The molecule has 7 heteroatoms. The molecule has 1 saturated heterocycles. The smallest absolute Gasteiger partial charge is 0.314 e. The van der Waals surface area contributed by atoms with Gasteiger partial charge in [-0.2, -0.15) is 0 Å². The fourth-order valence-corrected chi connectivity index (χ4v) is 3.49. The Balaban J connectivity index is 1.38. The minimum absolute atomic E-state index is 0.145. The van der Waals surface area contributed by atoms with Crippen molar-refractivity contribution in [1.29, 1.82) is 0 Å². The Kier molecular flexibility index (Phi) is 5.82. The SMILES string of the molecule is O=C(NCCc1nc2cccnc2n1Cc1ccccc1)NC[C@@H]1CCCO1. The van der Waals surface area contributed by atoms with Gasteiger partial charge < -0.3 is 19.9 Å². The van der Waals surface area contributed by atoms with Crippen molar-refractivity contribution in [2.24, 2.45) is 0 Å². The molecule has 0 bridgehead atoms. The van der Waals surface area contributed by atoms with E-state index >= 15 is 0 Å². The summed E-state index contributed by atoms with van der Waals surface area (Å²) in [4.78, 5) is 21.2. The number of hydrogen-bond donors (Lipinski definition) is 2. The van der Waals surface area contributed by atoms with Crippen LogP contribution in [0.1, 0.15) is 24.2 Å². The Morgan fingerprint density at radius 2 is 2.07 bits per heavy atom. The van der Waals surface area contributed by atoms with E-state index in [9.17, 15) is 4.79 Å². The second kappa shape index (κ2) is 8.84. The first-order valence-electron chi connectivity index (χ1n) is 9.77. The van der Waals surface area contributed by atoms with Gasteiger partial charge in [-0.3, -0.25) is 0 Å². The number of rotatable bonds is 7. The molecule has 0 saturated carbocycles. The number of urea groups is 1. The van der Waals surface area contributed by atoms with Crippen LogP contribution in [0.2, 0.25) is 0 Å². The summed E-state index contributed by atoms with van der Waals surface area (Å²) in [5.74, 6) is 0.914. The molecular formula is C21H25N5O2. The molecule has 2 amide bonds. The molecule has 2 aromatic heterocycles. The molecule has 7 nitrogen and oxygen atoms in total. The second-order valence-corrected chi connectivity index (χ2v) is 6.97. The van der Waals surface area contributed by atoms with Gasteiger partial charge in [0, 0.05) is 32.3 Å². The zero-order valence-electron chi connectivity index (χ0n) is 15.8. The Hall–Kier alpha value is -2.93. The van der Waals surface area contributed by atoms with E-state index in [0.717, 1.165) is 36.4 Å². The predicted molar refractivity (Wildman–Crippen MR) is 107 cm³/mol. The van der Waals surface area contributed by atoms with E-state index in [1.807, 2.05) is 30.3 Å². The zero-order valence-corrected chi connectivity index (χ0v) is 15.8. The summed E-state index contributed by atoms with van der Waals surface area (Å²) in [6.45, 7) is 2.56. The van der Waals surface area contributed by atoms with Gasteiger partial charge in [0.15, 0.2) is 5.65 Å². The molecular weight excluding hydrogens is 354 g/mol. The van der Waals surface area contributed by atoms with Gasteiger partial charge in [-0.25, -0.2) is 14.8 Å². The van der Waals surface area contributed by atoms with Crippen molar-refractivity contribution < 1.29 is 9.53 Å². The third kappa shape index (κ3) is 4.48. The van der Waals surface area contributed by atoms with Crippen LogP contribution in [0.4, 0.5) is 4.79 Å². The number of carbonyl (C=O) groups is 1. The first-order chi connectivity index (χ1) is 13.8. The molecule has 1 atom stereocenters. The van der Waals surface area contributed by atoms with Crippen LogP contribution in [0.3, 0.4) is 0 Å². The lowest BCUT2D eigenvalue weighted by molar-refractivity contribution is 0.111. The van der Waals surface area contributed by atoms with Crippen LogP contribution in [-0.4, -0.2) is 46.4 Å². The van der Waals surface area contributed by atoms with Gasteiger partial charge in [-0.1, -0.05) is 30.3 Å². The molecule has 1 aliphatic heterocycles. The van der Waals surface area contributed by atoms with E-state index in [-0.39, 0.29) is 12.1 Å². The number of pyridine rings is 1. The number of imidazole rings is 1. The van der Waals surface area contributed by atoms with Gasteiger partial charge in [0.1, 0.15) is 11.3 Å². The van der Waals surface area contributed by atoms with Gasteiger partial charge >= 0.3 is 6.03 Å². The lowest BCUT2D eigenvalue weighted by atomic mass is 10.2. The van der Waals surface area contributed by atoms with Gasteiger partial charge in [0.25, 0.3) is 0 Å². The molecule has 1 fully saturated rings. The van der Waals surface area contributed by atoms with E-state index in [1.165, 1.54) is 5.56 Å². The Bertz CT molecular complexity index is 919. The molecule has 0 unspecified atom stereocenters. The first-order valence-corrected chi connectivity index (χ1v) is 9.77. The molecule has 0 spiro atoms. The Labute approximate surface area is 164 Å². The maximum absolute atomic E-state index is 12.0. The highest BCUT2D eigenvalue weighted by Crippen LogP contribution is 2.16. The lowest BCUT2D eigenvalue weighted by Crippen LogP contribution is -2.40. The van der Waals surface area contributed by atoms with E-state index in [0.29, 0.717) is 26.1 Å². The minimum Gasteiger partial charge on any atom is -0.376 e. The lowest BCUT2D eigenvalue weighted by Gasteiger charge is -2.12. The van der Waals surface area contributed by atoms with Crippen molar-refractivity contribution in [2.45, 2.75) is 31.9 Å². The molecule has 0 radical (unpaired) electrons. The molecule has 3 heterocycles. The predicted octanol–water partition coefficient (Wildman–Crippen LogP) is 2.50. The van der Waals surface area contributed by atoms with Crippen LogP contribution in [0, 0.1) is 0 Å². The molecule has 146 valence electrons. The highest BCUT2D eigenvalue weighted by Gasteiger charge is 2.16. The topological polar surface area (TPSA) is 81.1 Å². The van der Waals surface area contributed by atoms with Gasteiger partial charge in [0.2, 0.25) is 0 Å². The van der Waals surface area contributed by atoms with Crippen molar-refractivity contribution >= 4 is 17.2 Å². The summed E-state index contributed by atoms with van der Waals surface area (Å²) in [6.07, 6.45) is 4.64. The second-order valence-electron chi connectivity index (χ2n) is 6.97. The Morgan fingerprint density at radius 3 is 2.89 bits per heavy atom. The van der Waals surface area contributed by atoms with Crippen molar-refractivity contribution in [3.8, 4) is 0 Å². The van der Waals surface area contributed by atoms with Crippen molar-refractivity contribution in [1.82, 2.24) is 25.2 Å². The molecule has 28 heavy (non-hydrogen) atoms. The number of nitrogens with zero attached hydrogens (tertiary/aromatic N) is 3. The molecule has 3 aromatic rings. The van der Waals surface area contributed by atoms with Crippen LogP contribution >= 0.6 is 0 Å². The molecule has 0 aliphatic carbocycles. The number of ether oxygens (including phenoxy) is 1. The molecule has 1 aliphatic rings. The number of fused-ring (bicyclic) bond motifs is 1. The van der Waals surface area contributed by atoms with E-state index in [4.69, 9.17) is 9.72 Å². The minimum atomic E-state index is -0.167. The molecule has 4 rings (SSSR count). The third-order valence-electron chi connectivity index (χ3n) is 4.91. The maximum atomic E-state index is 12.0. The number of nitrogens with one attached hydrogen (secondary N) is 2. The number of aromatic nitrogens is 3. The number of amides is 2. The highest BCUT2D eigenvalue weighted by atomic mass is 16.5. The van der Waals surface area contributed by atoms with Crippen molar-refractivity contribution in [2.75, 3.05) is 19.7 Å². The fourth-order valence-electron chi connectivity index (χ4n) is 3.49. The average molecular weight is 379 g/mol. The summed E-state index contributed by atoms with van der Waals surface area (Å²) in [7, 11) is 0. The monoisotopic (exact) mass is 379 g/mol. The summed E-state index contributed by atoms with van der Waals surface area (Å²) in [5.41, 5.74) is 2.93. The van der Waals surface area contributed by atoms with Gasteiger partial charge in [0.05, 0.1) is 12.6 Å². The normalized spacial score (nSPS) is 16.4. The van der Waals surface area contributed by atoms with Crippen LogP contribution in [-0.2, 0) is 17.7 Å². The number of hydrogen-bond acceptors (Lipinski definition) is 4. The highest BCUT2D eigenvalue weighted by molar-refractivity contribution is 5.74.